The molecule has 0 aliphatic rings. The number of carbonyl (C=O) groups excluding carboxylic acids is 1. The van der Waals surface area contributed by atoms with Gasteiger partial charge in [0.05, 0.1) is 13.0 Å². The van der Waals surface area contributed by atoms with Gasteiger partial charge in [0.2, 0.25) is 0 Å². The van der Waals surface area contributed by atoms with Gasteiger partial charge in [-0.05, 0) is 6.92 Å². The van der Waals surface area contributed by atoms with Crippen LogP contribution < -0.4 is 0 Å². The average Bonchev–Trinajstić information content (AvgIpc) is 2.12. The Morgan fingerprint density at radius 2 is 2.14 bits per heavy atom. The van der Waals surface area contributed by atoms with E-state index in [2.05, 4.69) is 15.9 Å². The van der Waals surface area contributed by atoms with E-state index in [1.54, 1.807) is 6.92 Å². The lowest BCUT2D eigenvalue weighted by Gasteiger charge is -1.97. The fourth-order valence-electron chi connectivity index (χ4n) is 0.883. The molecule has 5 heteroatoms. The van der Waals surface area contributed by atoms with Crippen molar-refractivity contribution < 1.29 is 14.1 Å². The van der Waals surface area contributed by atoms with Gasteiger partial charge in [-0.3, -0.25) is 4.79 Å². The Morgan fingerprint density at radius 3 is 2.64 bits per heavy atom. The van der Waals surface area contributed by atoms with Gasteiger partial charge >= 0.3 is 13.8 Å². The van der Waals surface area contributed by atoms with Crippen LogP contribution in [-0.4, -0.2) is 29.7 Å². The molecule has 0 heterocycles. The zero-order chi connectivity index (χ0) is 11.0. The molecule has 0 saturated heterocycles. The first-order chi connectivity index (χ1) is 6.56. The molecule has 2 atom stereocenters. The minimum absolute atomic E-state index is 0.247. The van der Waals surface area contributed by atoms with E-state index in [9.17, 15) is 9.36 Å². The summed E-state index contributed by atoms with van der Waals surface area (Å²) < 4.78 is 16.1. The number of rotatable bonds is 7. The molecule has 0 aliphatic carbocycles. The van der Waals surface area contributed by atoms with Crippen molar-refractivity contribution in [3.05, 3.63) is 0 Å². The van der Waals surface area contributed by atoms with E-state index in [1.165, 1.54) is 0 Å². The summed E-state index contributed by atoms with van der Waals surface area (Å²) in [5, 5.41) is 0. The summed E-state index contributed by atoms with van der Waals surface area (Å²) in [6.07, 6.45) is 2.30. The first-order valence-corrected chi connectivity index (χ1v) is 7.32. The second-order valence-electron chi connectivity index (χ2n) is 3.05. The molecule has 82 valence electrons. The van der Waals surface area contributed by atoms with Crippen LogP contribution in [0.3, 0.4) is 0 Å². The van der Waals surface area contributed by atoms with Gasteiger partial charge in [0.1, 0.15) is 6.16 Å². The van der Waals surface area contributed by atoms with Crippen LogP contribution in [0.25, 0.3) is 0 Å². The largest absolute Gasteiger partial charge is 0.466 e. The van der Waals surface area contributed by atoms with E-state index in [4.69, 9.17) is 4.74 Å². The van der Waals surface area contributed by atoms with Gasteiger partial charge in [-0.25, -0.2) is 0 Å². The number of hydrogen-bond acceptors (Lipinski definition) is 3. The number of alkyl halides is 1. The summed E-state index contributed by atoms with van der Waals surface area (Å²) in [5.74, 6) is -0.247. The van der Waals surface area contributed by atoms with E-state index in [0.717, 1.165) is 6.42 Å². The minimum atomic E-state index is -1.24. The first-order valence-electron chi connectivity index (χ1n) is 4.78. The highest BCUT2D eigenvalue weighted by atomic mass is 79.9. The van der Waals surface area contributed by atoms with Crippen LogP contribution in [0.1, 0.15) is 26.7 Å². The maximum atomic E-state index is 11.4. The summed E-state index contributed by atoms with van der Waals surface area (Å²) in [6, 6.07) is 0. The maximum absolute atomic E-state index is 11.4. The highest BCUT2D eigenvalue weighted by Gasteiger charge is 2.18. The van der Waals surface area contributed by atoms with Gasteiger partial charge in [-0.15, -0.1) is 0 Å². The van der Waals surface area contributed by atoms with Crippen LogP contribution in [0.5, 0.6) is 0 Å². The van der Waals surface area contributed by atoms with E-state index < -0.39 is 7.80 Å². The lowest BCUT2D eigenvalue weighted by atomic mass is 10.4. The predicted molar refractivity (Wildman–Crippen MR) is 61.6 cm³/mol. The van der Waals surface area contributed by atoms with Gasteiger partial charge < -0.3 is 4.74 Å². The highest BCUT2D eigenvalue weighted by molar-refractivity contribution is 9.09. The fourth-order valence-corrected chi connectivity index (χ4v) is 2.80. The Bertz CT molecular complexity index is 194. The third-order valence-electron chi connectivity index (χ3n) is 1.65. The number of carbonyl (C=O) groups is 1. The molecule has 0 bridgehead atoms. The van der Waals surface area contributed by atoms with Crippen LogP contribution in [0, 0.1) is 0 Å². The molecule has 0 fully saturated rings. The molecule has 0 radical (unpaired) electrons. The van der Waals surface area contributed by atoms with Gasteiger partial charge in [0.15, 0.2) is 6.16 Å². The normalized spacial score (nSPS) is 13.5. The summed E-state index contributed by atoms with van der Waals surface area (Å²) >= 11 is 3.39. The quantitative estimate of drug-likeness (QED) is 0.410. The van der Waals surface area contributed by atoms with Gasteiger partial charge in [0.25, 0.3) is 0 Å². The van der Waals surface area contributed by atoms with Crippen molar-refractivity contribution in [3.8, 4) is 0 Å². The third-order valence-corrected chi connectivity index (χ3v) is 3.58. The van der Waals surface area contributed by atoms with Crippen molar-refractivity contribution in [2.75, 3.05) is 18.9 Å². The molecule has 0 saturated carbocycles. The molecule has 0 amide bonds. The maximum Gasteiger partial charge on any atom is 0.339 e. The van der Waals surface area contributed by atoms with E-state index in [1.807, 2.05) is 6.92 Å². The molecule has 2 unspecified atom stereocenters. The monoisotopic (exact) mass is 283 g/mol. The lowest BCUT2D eigenvalue weighted by molar-refractivity contribution is -0.142. The van der Waals surface area contributed by atoms with Crippen LogP contribution in [0.4, 0.5) is 0 Å². The van der Waals surface area contributed by atoms with Crippen LogP contribution in [0.2, 0.25) is 0 Å². The Labute approximate surface area is 94.5 Å². The Balaban J connectivity index is 3.48. The molecule has 0 aromatic heterocycles. The smallest absolute Gasteiger partial charge is 0.339 e. The summed E-state index contributed by atoms with van der Waals surface area (Å²) in [6.45, 7) is 4.19. The SMILES string of the molecule is CCOC(=O)CC[P+](=O)CCC(C)Br. The summed E-state index contributed by atoms with van der Waals surface area (Å²) in [7, 11) is -1.24. The Morgan fingerprint density at radius 1 is 1.50 bits per heavy atom. The van der Waals surface area contributed by atoms with Crippen LogP contribution >= 0.6 is 23.7 Å². The molecular weight excluding hydrogens is 267 g/mol. The second kappa shape index (κ2) is 8.37. The van der Waals surface area contributed by atoms with Crippen molar-refractivity contribution in [1.29, 1.82) is 0 Å². The molecule has 0 N–H and O–H groups in total. The fraction of sp³-hybridized carbons (Fsp3) is 0.889. The van der Waals surface area contributed by atoms with E-state index in [-0.39, 0.29) is 12.4 Å². The van der Waals surface area contributed by atoms with E-state index >= 15 is 0 Å². The number of halogens is 1. The molecule has 0 aromatic rings. The van der Waals surface area contributed by atoms with Crippen molar-refractivity contribution in [2.24, 2.45) is 0 Å². The van der Waals surface area contributed by atoms with Crippen molar-refractivity contribution in [3.63, 3.8) is 0 Å². The van der Waals surface area contributed by atoms with Crippen molar-refractivity contribution in [1.82, 2.24) is 0 Å². The van der Waals surface area contributed by atoms with Gasteiger partial charge in [-0.1, -0.05) is 27.4 Å². The number of ether oxygens (including phenoxy) is 1. The molecule has 0 rings (SSSR count). The zero-order valence-corrected chi connectivity index (χ0v) is 11.1. The van der Waals surface area contributed by atoms with Crippen LogP contribution in [-0.2, 0) is 14.1 Å². The summed E-state index contributed by atoms with van der Waals surface area (Å²) in [5.41, 5.74) is 0. The van der Waals surface area contributed by atoms with Gasteiger partial charge in [0, 0.05) is 11.2 Å². The lowest BCUT2D eigenvalue weighted by Crippen LogP contribution is -2.05. The van der Waals surface area contributed by atoms with Crippen LogP contribution in [0.15, 0.2) is 0 Å². The molecule has 14 heavy (non-hydrogen) atoms. The molecule has 3 nitrogen and oxygen atoms in total. The molecule has 0 spiro atoms. The standard InChI is InChI=1S/C9H17BrO3P/c1-3-13-9(11)5-7-14(12)6-4-8(2)10/h8H,3-7H2,1-2H3/q+1. The highest BCUT2D eigenvalue weighted by Crippen LogP contribution is 2.24. The van der Waals surface area contributed by atoms with Crippen molar-refractivity contribution in [2.45, 2.75) is 31.5 Å². The number of esters is 1. The zero-order valence-electron chi connectivity index (χ0n) is 8.66. The van der Waals surface area contributed by atoms with Crippen molar-refractivity contribution >= 4 is 29.7 Å². The number of hydrogen-bond donors (Lipinski definition) is 0. The molecule has 0 aliphatic heterocycles. The molecular formula is C9H17BrO3P+. The minimum Gasteiger partial charge on any atom is -0.466 e. The predicted octanol–water partition coefficient (Wildman–Crippen LogP) is 2.94. The molecule has 0 aromatic carbocycles. The first kappa shape index (κ1) is 14.1. The average molecular weight is 284 g/mol. The Hall–Kier alpha value is 0.0500. The van der Waals surface area contributed by atoms with E-state index in [0.29, 0.717) is 23.8 Å². The Kier molecular flexibility index (Phi) is 8.40. The third kappa shape index (κ3) is 8.64. The topological polar surface area (TPSA) is 43.4 Å². The second-order valence-corrected chi connectivity index (χ2v) is 6.47. The van der Waals surface area contributed by atoms with Gasteiger partial charge in [-0.2, -0.15) is 0 Å². The summed E-state index contributed by atoms with van der Waals surface area (Å²) in [4.78, 5) is 11.3.